The summed E-state index contributed by atoms with van der Waals surface area (Å²) in [6.45, 7) is 3.97. The lowest BCUT2D eigenvalue weighted by Crippen LogP contribution is -2.45. The fourth-order valence-electron chi connectivity index (χ4n) is 4.59. The van der Waals surface area contributed by atoms with Gasteiger partial charge in [-0.1, -0.05) is 24.3 Å². The van der Waals surface area contributed by atoms with Crippen molar-refractivity contribution in [3.05, 3.63) is 90.6 Å². The van der Waals surface area contributed by atoms with Crippen LogP contribution in [0.5, 0.6) is 23.0 Å². The number of carbonyl (C=O) groups is 2. The number of esters is 1. The molecule has 5 rings (SSSR count). The highest BCUT2D eigenvalue weighted by atomic mass is 127. The molecule has 0 radical (unpaired) electrons. The standard InChI is InChI=1S/C31H28BrIN4O7S/c1-3-40-30(39)27-17(2)35-31(45)36-28(27)20-6-4-5-7-23(20)41-15-26(38)37-34-13-19-10-21(32)29(22(33)11-19)42-14-18-8-9-24-25(12-18)44-16-43-24/h4-13,28H,3,14-16H2,1-2H3,(H,37,38)(H2,35,36,45)/t28-/m1/s1. The Morgan fingerprint density at radius 1 is 1.16 bits per heavy atom. The minimum Gasteiger partial charge on any atom is -0.487 e. The van der Waals surface area contributed by atoms with E-state index in [1.54, 1.807) is 32.0 Å². The molecule has 0 aliphatic carbocycles. The second-order valence-corrected chi connectivity index (χ2v) is 12.1. The van der Waals surface area contributed by atoms with Crippen molar-refractivity contribution in [2.24, 2.45) is 5.10 Å². The Balaban J connectivity index is 1.18. The molecule has 11 nitrogen and oxygen atoms in total. The first-order chi connectivity index (χ1) is 21.7. The van der Waals surface area contributed by atoms with E-state index < -0.39 is 17.9 Å². The monoisotopic (exact) mass is 806 g/mol. The Morgan fingerprint density at radius 3 is 2.76 bits per heavy atom. The van der Waals surface area contributed by atoms with E-state index in [1.807, 2.05) is 36.4 Å². The van der Waals surface area contributed by atoms with Crippen molar-refractivity contribution in [2.75, 3.05) is 20.0 Å². The third-order valence-corrected chi connectivity index (χ3v) is 8.21. The van der Waals surface area contributed by atoms with E-state index >= 15 is 0 Å². The number of rotatable bonds is 11. The second kappa shape index (κ2) is 14.9. The molecular formula is C31H28BrIN4O7S. The molecule has 0 bridgehead atoms. The first-order valence-corrected chi connectivity index (χ1v) is 16.0. The van der Waals surface area contributed by atoms with Crippen molar-refractivity contribution in [1.29, 1.82) is 0 Å². The molecule has 0 saturated heterocycles. The van der Waals surface area contributed by atoms with Crippen LogP contribution in [-0.4, -0.2) is 43.2 Å². The maximum atomic E-state index is 12.8. The van der Waals surface area contributed by atoms with E-state index in [1.165, 1.54) is 6.21 Å². The summed E-state index contributed by atoms with van der Waals surface area (Å²) >= 11 is 11.1. The first-order valence-electron chi connectivity index (χ1n) is 13.7. The molecule has 1 atom stereocenters. The normalized spacial score (nSPS) is 15.4. The number of benzene rings is 3. The molecule has 234 valence electrons. The smallest absolute Gasteiger partial charge is 0.338 e. The number of nitrogens with zero attached hydrogens (tertiary/aromatic N) is 1. The number of para-hydroxylation sites is 1. The van der Waals surface area contributed by atoms with Gasteiger partial charge in [0.1, 0.15) is 18.1 Å². The average molecular weight is 807 g/mol. The fourth-order valence-corrected chi connectivity index (χ4v) is 6.63. The highest BCUT2D eigenvalue weighted by Crippen LogP contribution is 2.36. The van der Waals surface area contributed by atoms with Gasteiger partial charge in [-0.3, -0.25) is 4.79 Å². The molecular weight excluding hydrogens is 779 g/mol. The molecule has 2 aliphatic rings. The van der Waals surface area contributed by atoms with Crippen LogP contribution in [0.25, 0.3) is 0 Å². The molecule has 0 spiro atoms. The molecule has 3 N–H and O–H groups in total. The molecule has 2 aliphatic heterocycles. The predicted molar refractivity (Wildman–Crippen MR) is 182 cm³/mol. The molecule has 14 heteroatoms. The van der Waals surface area contributed by atoms with Gasteiger partial charge in [0.25, 0.3) is 5.91 Å². The SMILES string of the molecule is CCOC(=O)C1=C(C)NC(=S)N[C@@H]1c1ccccc1OCC(=O)NN=Cc1cc(Br)c(OCc2ccc3c(c2)OCO3)c(I)c1. The maximum Gasteiger partial charge on any atom is 0.338 e. The third-order valence-electron chi connectivity index (χ3n) is 6.60. The molecule has 0 unspecified atom stereocenters. The molecule has 3 aromatic carbocycles. The van der Waals surface area contributed by atoms with Crippen LogP contribution in [0.15, 0.2) is 75.4 Å². The number of ether oxygens (including phenoxy) is 5. The average Bonchev–Trinajstić information content (AvgIpc) is 3.47. The van der Waals surface area contributed by atoms with E-state index in [9.17, 15) is 9.59 Å². The number of fused-ring (bicyclic) bond motifs is 1. The van der Waals surface area contributed by atoms with Crippen LogP contribution >= 0.6 is 50.7 Å². The van der Waals surface area contributed by atoms with Gasteiger partial charge in [-0.05, 0) is 106 Å². The van der Waals surface area contributed by atoms with E-state index in [4.69, 9.17) is 35.9 Å². The van der Waals surface area contributed by atoms with Gasteiger partial charge in [0, 0.05) is 11.3 Å². The van der Waals surface area contributed by atoms with Crippen LogP contribution in [0, 0.1) is 3.57 Å². The van der Waals surface area contributed by atoms with E-state index in [2.05, 4.69) is 59.7 Å². The van der Waals surface area contributed by atoms with Gasteiger partial charge in [-0.25, -0.2) is 10.2 Å². The number of carbonyl (C=O) groups excluding carboxylic acids is 2. The Hall–Kier alpha value is -3.89. The van der Waals surface area contributed by atoms with E-state index in [-0.39, 0.29) is 20.0 Å². The van der Waals surface area contributed by atoms with Crippen LogP contribution < -0.4 is 35.0 Å². The number of thiocarbonyl (C=S) groups is 1. The number of amides is 1. The van der Waals surface area contributed by atoms with Crippen LogP contribution in [0.4, 0.5) is 0 Å². The highest BCUT2D eigenvalue weighted by Gasteiger charge is 2.32. The molecule has 0 aromatic heterocycles. The lowest BCUT2D eigenvalue weighted by Gasteiger charge is -2.30. The Kier molecular flexibility index (Phi) is 10.8. The number of hydrazone groups is 1. The molecule has 0 saturated carbocycles. The summed E-state index contributed by atoms with van der Waals surface area (Å²) < 4.78 is 29.6. The number of nitrogens with one attached hydrogen (secondary N) is 3. The van der Waals surface area contributed by atoms with Crippen LogP contribution in [-0.2, 0) is 20.9 Å². The minimum absolute atomic E-state index is 0.218. The van der Waals surface area contributed by atoms with Gasteiger partial charge < -0.3 is 34.3 Å². The van der Waals surface area contributed by atoms with Gasteiger partial charge >= 0.3 is 5.97 Å². The zero-order valence-electron chi connectivity index (χ0n) is 24.1. The van der Waals surface area contributed by atoms with Crippen molar-refractivity contribution in [1.82, 2.24) is 16.1 Å². The topological polar surface area (TPSA) is 129 Å². The maximum absolute atomic E-state index is 12.8. The number of hydrogen-bond donors (Lipinski definition) is 3. The highest BCUT2D eigenvalue weighted by molar-refractivity contribution is 14.1. The zero-order chi connectivity index (χ0) is 31.9. The summed E-state index contributed by atoms with van der Waals surface area (Å²) in [7, 11) is 0. The first kappa shape index (κ1) is 32.5. The Morgan fingerprint density at radius 2 is 1.96 bits per heavy atom. The minimum atomic E-state index is -0.625. The fraction of sp³-hybridized carbons (Fsp3) is 0.226. The van der Waals surface area contributed by atoms with Crippen LogP contribution in [0.1, 0.15) is 36.6 Å². The predicted octanol–water partition coefficient (Wildman–Crippen LogP) is 5.25. The largest absolute Gasteiger partial charge is 0.487 e. The Bertz CT molecular complexity index is 1680. The summed E-state index contributed by atoms with van der Waals surface area (Å²) in [5, 5.41) is 10.5. The van der Waals surface area contributed by atoms with Gasteiger partial charge in [0.05, 0.1) is 32.5 Å². The molecule has 2 heterocycles. The van der Waals surface area contributed by atoms with Crippen LogP contribution in [0.3, 0.4) is 0 Å². The summed E-state index contributed by atoms with van der Waals surface area (Å²) in [5.74, 6) is 1.56. The van der Waals surface area contributed by atoms with Crippen molar-refractivity contribution < 1.29 is 33.3 Å². The van der Waals surface area contributed by atoms with Gasteiger partial charge in [0.15, 0.2) is 23.2 Å². The van der Waals surface area contributed by atoms with Crippen molar-refractivity contribution >= 4 is 73.9 Å². The molecule has 1 amide bonds. The summed E-state index contributed by atoms with van der Waals surface area (Å²) in [4.78, 5) is 25.4. The van der Waals surface area contributed by atoms with Crippen molar-refractivity contribution in [3.63, 3.8) is 0 Å². The van der Waals surface area contributed by atoms with E-state index in [0.717, 1.165) is 24.9 Å². The zero-order valence-corrected chi connectivity index (χ0v) is 28.7. The number of halogens is 2. The lowest BCUT2D eigenvalue weighted by atomic mass is 9.95. The Labute approximate surface area is 286 Å². The third kappa shape index (κ3) is 8.04. The van der Waals surface area contributed by atoms with Crippen molar-refractivity contribution in [3.8, 4) is 23.0 Å². The summed E-state index contributed by atoms with van der Waals surface area (Å²) in [6.07, 6.45) is 1.53. The van der Waals surface area contributed by atoms with Gasteiger partial charge in [-0.2, -0.15) is 5.10 Å². The van der Waals surface area contributed by atoms with E-state index in [0.29, 0.717) is 45.8 Å². The summed E-state index contributed by atoms with van der Waals surface area (Å²) in [5.41, 5.74) is 5.75. The quantitative estimate of drug-likeness (QED) is 0.0778. The molecule has 45 heavy (non-hydrogen) atoms. The lowest BCUT2D eigenvalue weighted by molar-refractivity contribution is -0.139. The summed E-state index contributed by atoms with van der Waals surface area (Å²) in [6, 6.07) is 15.9. The molecule has 3 aromatic rings. The van der Waals surface area contributed by atoms with Crippen molar-refractivity contribution in [2.45, 2.75) is 26.5 Å². The second-order valence-electron chi connectivity index (χ2n) is 9.70. The van der Waals surface area contributed by atoms with Crippen LogP contribution in [0.2, 0.25) is 0 Å². The number of hydrogen-bond acceptors (Lipinski definition) is 9. The van der Waals surface area contributed by atoms with Gasteiger partial charge in [-0.15, -0.1) is 0 Å². The molecule has 0 fully saturated rings. The van der Waals surface area contributed by atoms with Gasteiger partial charge in [0.2, 0.25) is 6.79 Å². The number of allylic oxidation sites excluding steroid dienone is 1.